The number of morpholine rings is 1. The van der Waals surface area contributed by atoms with Gasteiger partial charge in [-0.25, -0.2) is 0 Å². The van der Waals surface area contributed by atoms with E-state index in [4.69, 9.17) is 4.74 Å². The highest BCUT2D eigenvalue weighted by Crippen LogP contribution is 2.27. The lowest BCUT2D eigenvalue weighted by Gasteiger charge is -2.47. The topological polar surface area (TPSA) is 42.3 Å². The van der Waals surface area contributed by atoms with Crippen molar-refractivity contribution >= 4 is 0 Å². The monoisotopic (exact) mass is 294 g/mol. The standard InChI is InChI=1S/C16H30N4O/c1-5-16(3,19-7-9-21-10-8-19)15(17-4)11-14-12-18-20(6-2)13-14/h12-13,15,17H,5-11H2,1-4H3. The first-order chi connectivity index (χ1) is 10.1. The third-order valence-corrected chi connectivity index (χ3v) is 5.00. The molecule has 1 N–H and O–H groups in total. The normalized spacial score (nSPS) is 21.1. The molecular weight excluding hydrogens is 264 g/mol. The molecule has 0 radical (unpaired) electrons. The van der Waals surface area contributed by atoms with E-state index in [1.165, 1.54) is 5.56 Å². The molecule has 0 bridgehead atoms. The maximum atomic E-state index is 5.51. The number of ether oxygens (including phenoxy) is 1. The molecule has 5 nitrogen and oxygen atoms in total. The van der Waals surface area contributed by atoms with E-state index in [1.54, 1.807) is 0 Å². The SMILES string of the molecule is CCn1cc(CC(NC)C(C)(CC)N2CCOCC2)cn1. The van der Waals surface area contributed by atoms with Gasteiger partial charge >= 0.3 is 0 Å². The summed E-state index contributed by atoms with van der Waals surface area (Å²) in [4.78, 5) is 2.59. The van der Waals surface area contributed by atoms with Crippen LogP contribution in [0.2, 0.25) is 0 Å². The molecule has 0 amide bonds. The highest BCUT2D eigenvalue weighted by atomic mass is 16.5. The zero-order valence-electron chi connectivity index (χ0n) is 13.9. The lowest BCUT2D eigenvalue weighted by molar-refractivity contribution is -0.0313. The predicted octanol–water partition coefficient (Wildman–Crippen LogP) is 1.53. The summed E-state index contributed by atoms with van der Waals surface area (Å²) in [6.07, 6.45) is 6.31. The molecule has 1 aromatic rings. The number of aromatic nitrogens is 2. The molecule has 120 valence electrons. The molecule has 1 aromatic heterocycles. The van der Waals surface area contributed by atoms with Crippen molar-refractivity contribution in [3.8, 4) is 0 Å². The minimum absolute atomic E-state index is 0.146. The molecule has 21 heavy (non-hydrogen) atoms. The minimum Gasteiger partial charge on any atom is -0.379 e. The molecule has 1 saturated heterocycles. The largest absolute Gasteiger partial charge is 0.379 e. The van der Waals surface area contributed by atoms with Crippen LogP contribution >= 0.6 is 0 Å². The molecule has 2 rings (SSSR count). The van der Waals surface area contributed by atoms with Crippen molar-refractivity contribution in [2.75, 3.05) is 33.4 Å². The molecular formula is C16H30N4O. The van der Waals surface area contributed by atoms with Gasteiger partial charge in [0.2, 0.25) is 0 Å². The average Bonchev–Trinajstić information content (AvgIpc) is 3.00. The van der Waals surface area contributed by atoms with Gasteiger partial charge in [-0.15, -0.1) is 0 Å². The molecule has 1 aliphatic heterocycles. The first-order valence-corrected chi connectivity index (χ1v) is 8.15. The fourth-order valence-electron chi connectivity index (χ4n) is 3.32. The van der Waals surface area contributed by atoms with Gasteiger partial charge in [-0.05, 0) is 39.3 Å². The number of rotatable bonds is 7. The van der Waals surface area contributed by atoms with E-state index in [0.29, 0.717) is 6.04 Å². The van der Waals surface area contributed by atoms with Crippen LogP contribution in [0.3, 0.4) is 0 Å². The smallest absolute Gasteiger partial charge is 0.0594 e. The van der Waals surface area contributed by atoms with Crippen molar-refractivity contribution in [3.63, 3.8) is 0 Å². The molecule has 1 aliphatic rings. The van der Waals surface area contributed by atoms with E-state index in [-0.39, 0.29) is 5.54 Å². The summed E-state index contributed by atoms with van der Waals surface area (Å²) >= 11 is 0. The summed E-state index contributed by atoms with van der Waals surface area (Å²) in [6, 6.07) is 0.412. The molecule has 5 heteroatoms. The van der Waals surface area contributed by atoms with Crippen LogP contribution in [-0.2, 0) is 17.7 Å². The third-order valence-electron chi connectivity index (χ3n) is 5.00. The lowest BCUT2D eigenvalue weighted by atomic mass is 9.83. The second-order valence-corrected chi connectivity index (χ2v) is 6.06. The van der Waals surface area contributed by atoms with E-state index in [2.05, 4.69) is 49.3 Å². The van der Waals surface area contributed by atoms with Crippen LogP contribution < -0.4 is 5.32 Å². The van der Waals surface area contributed by atoms with Crippen LogP contribution in [0.4, 0.5) is 0 Å². The maximum absolute atomic E-state index is 5.51. The fraction of sp³-hybridized carbons (Fsp3) is 0.812. The van der Waals surface area contributed by atoms with Crippen molar-refractivity contribution in [1.29, 1.82) is 0 Å². The van der Waals surface area contributed by atoms with Gasteiger partial charge in [-0.1, -0.05) is 6.92 Å². The maximum Gasteiger partial charge on any atom is 0.0594 e. The Morgan fingerprint density at radius 3 is 2.62 bits per heavy atom. The quantitative estimate of drug-likeness (QED) is 0.828. The summed E-state index contributed by atoms with van der Waals surface area (Å²) in [6.45, 7) is 11.5. The molecule has 1 fully saturated rings. The van der Waals surface area contributed by atoms with E-state index in [0.717, 1.165) is 45.7 Å². The van der Waals surface area contributed by atoms with Crippen molar-refractivity contribution in [2.24, 2.45) is 0 Å². The number of hydrogen-bond donors (Lipinski definition) is 1. The zero-order chi connectivity index (χ0) is 15.3. The first-order valence-electron chi connectivity index (χ1n) is 8.15. The van der Waals surface area contributed by atoms with Gasteiger partial charge in [0.05, 0.1) is 19.4 Å². The van der Waals surface area contributed by atoms with E-state index < -0.39 is 0 Å². The van der Waals surface area contributed by atoms with Crippen molar-refractivity contribution in [3.05, 3.63) is 18.0 Å². The van der Waals surface area contributed by atoms with Crippen LogP contribution in [0.1, 0.15) is 32.8 Å². The summed E-state index contributed by atoms with van der Waals surface area (Å²) in [5.74, 6) is 0. The molecule has 0 aromatic carbocycles. The van der Waals surface area contributed by atoms with Gasteiger partial charge in [-0.3, -0.25) is 9.58 Å². The van der Waals surface area contributed by atoms with Crippen LogP contribution in [-0.4, -0.2) is 59.6 Å². The number of aryl methyl sites for hydroxylation is 1. The number of hydrogen-bond acceptors (Lipinski definition) is 4. The van der Waals surface area contributed by atoms with Crippen LogP contribution in [0.25, 0.3) is 0 Å². The second kappa shape index (κ2) is 7.38. The number of nitrogens with one attached hydrogen (secondary N) is 1. The molecule has 0 saturated carbocycles. The molecule has 0 aliphatic carbocycles. The Hall–Kier alpha value is -0.910. The summed E-state index contributed by atoms with van der Waals surface area (Å²) in [5.41, 5.74) is 1.46. The van der Waals surface area contributed by atoms with Gasteiger partial charge in [0.15, 0.2) is 0 Å². The van der Waals surface area contributed by atoms with Crippen molar-refractivity contribution < 1.29 is 4.74 Å². The second-order valence-electron chi connectivity index (χ2n) is 6.06. The highest BCUT2D eigenvalue weighted by molar-refractivity contribution is 5.10. The molecule has 2 atom stereocenters. The summed E-state index contributed by atoms with van der Waals surface area (Å²) in [5, 5.41) is 7.94. The van der Waals surface area contributed by atoms with E-state index >= 15 is 0 Å². The van der Waals surface area contributed by atoms with Gasteiger partial charge < -0.3 is 10.1 Å². The van der Waals surface area contributed by atoms with Gasteiger partial charge in [0.25, 0.3) is 0 Å². The van der Waals surface area contributed by atoms with Crippen LogP contribution in [0.15, 0.2) is 12.4 Å². The Bertz CT molecular complexity index is 428. The average molecular weight is 294 g/mol. The number of likely N-dealkylation sites (N-methyl/N-ethyl adjacent to an activating group) is 1. The van der Waals surface area contributed by atoms with Gasteiger partial charge in [-0.2, -0.15) is 5.10 Å². The zero-order valence-corrected chi connectivity index (χ0v) is 13.9. The molecule has 0 spiro atoms. The Morgan fingerprint density at radius 1 is 1.38 bits per heavy atom. The Balaban J connectivity index is 2.11. The van der Waals surface area contributed by atoms with Gasteiger partial charge in [0.1, 0.15) is 0 Å². The Kier molecular flexibility index (Phi) is 5.79. The van der Waals surface area contributed by atoms with Crippen LogP contribution in [0, 0.1) is 0 Å². The predicted molar refractivity (Wildman–Crippen MR) is 85.5 cm³/mol. The Morgan fingerprint density at radius 2 is 2.10 bits per heavy atom. The minimum atomic E-state index is 0.146. The van der Waals surface area contributed by atoms with E-state index in [9.17, 15) is 0 Å². The summed E-state index contributed by atoms with van der Waals surface area (Å²) < 4.78 is 7.51. The first kappa shape index (κ1) is 16.5. The van der Waals surface area contributed by atoms with E-state index in [1.807, 2.05) is 10.9 Å². The Labute approximate surface area is 128 Å². The molecule has 2 unspecified atom stereocenters. The molecule has 2 heterocycles. The number of nitrogens with zero attached hydrogens (tertiary/aromatic N) is 3. The van der Waals surface area contributed by atoms with Gasteiger partial charge in [0, 0.05) is 37.4 Å². The van der Waals surface area contributed by atoms with Crippen molar-refractivity contribution in [2.45, 2.75) is 51.7 Å². The van der Waals surface area contributed by atoms with Crippen LogP contribution in [0.5, 0.6) is 0 Å². The lowest BCUT2D eigenvalue weighted by Crippen LogP contribution is -2.61. The highest BCUT2D eigenvalue weighted by Gasteiger charge is 2.38. The fourth-order valence-corrected chi connectivity index (χ4v) is 3.32. The summed E-state index contributed by atoms with van der Waals surface area (Å²) in [7, 11) is 2.07. The van der Waals surface area contributed by atoms with Crippen molar-refractivity contribution in [1.82, 2.24) is 20.0 Å². The third kappa shape index (κ3) is 3.65.